The van der Waals surface area contributed by atoms with E-state index in [9.17, 15) is 4.79 Å². The number of carbonyl (C=O) groups is 1. The molecule has 22 heavy (non-hydrogen) atoms. The molecule has 1 saturated carbocycles. The van der Waals surface area contributed by atoms with E-state index in [1.54, 1.807) is 15.6 Å². The van der Waals surface area contributed by atoms with Gasteiger partial charge in [0.25, 0.3) is 0 Å². The predicted molar refractivity (Wildman–Crippen MR) is 88.5 cm³/mol. The van der Waals surface area contributed by atoms with Crippen molar-refractivity contribution in [3.05, 3.63) is 46.2 Å². The number of halogens is 2. The van der Waals surface area contributed by atoms with Crippen molar-refractivity contribution in [1.29, 1.82) is 0 Å². The molecule has 0 unspecified atom stereocenters. The van der Waals surface area contributed by atoms with Gasteiger partial charge in [-0.1, -0.05) is 29.3 Å². The summed E-state index contributed by atoms with van der Waals surface area (Å²) in [7, 11) is 1.88. The van der Waals surface area contributed by atoms with Gasteiger partial charge < -0.3 is 4.90 Å². The van der Waals surface area contributed by atoms with Crippen molar-refractivity contribution >= 4 is 34.8 Å². The lowest BCUT2D eigenvalue weighted by atomic mass is 10.1. The van der Waals surface area contributed by atoms with Crippen LogP contribution in [0.2, 0.25) is 10.0 Å². The van der Waals surface area contributed by atoms with Crippen molar-refractivity contribution in [3.63, 3.8) is 0 Å². The molecule has 6 heteroatoms. The Morgan fingerprint density at radius 2 is 2.23 bits per heavy atom. The summed E-state index contributed by atoms with van der Waals surface area (Å²) < 4.78 is 1.76. The monoisotopic (exact) mass is 337 g/mol. The molecular formula is C16H17Cl2N3O. The quantitative estimate of drug-likeness (QED) is 0.848. The molecule has 1 amide bonds. The van der Waals surface area contributed by atoms with E-state index in [0.717, 1.165) is 12.0 Å². The van der Waals surface area contributed by atoms with E-state index in [1.807, 2.05) is 38.5 Å². The molecule has 2 atom stereocenters. The Bertz CT molecular complexity index is 713. The van der Waals surface area contributed by atoms with Crippen molar-refractivity contribution in [2.45, 2.75) is 19.3 Å². The molecule has 2 aromatic rings. The van der Waals surface area contributed by atoms with E-state index >= 15 is 0 Å². The lowest BCUT2D eigenvalue weighted by Crippen LogP contribution is -2.32. The van der Waals surface area contributed by atoms with Crippen LogP contribution in [0.3, 0.4) is 0 Å². The minimum Gasteiger partial charge on any atom is -0.311 e. The number of hydrogen-bond acceptors (Lipinski definition) is 2. The topological polar surface area (TPSA) is 38.1 Å². The second-order valence-corrected chi connectivity index (χ2v) is 6.34. The first-order chi connectivity index (χ1) is 10.5. The summed E-state index contributed by atoms with van der Waals surface area (Å²) in [5.74, 6) is 0.355. The largest absolute Gasteiger partial charge is 0.311 e. The zero-order valence-corrected chi connectivity index (χ0v) is 14.0. The summed E-state index contributed by atoms with van der Waals surface area (Å²) in [5, 5.41) is 5.07. The highest BCUT2D eigenvalue weighted by molar-refractivity contribution is 6.44. The lowest BCUT2D eigenvalue weighted by Gasteiger charge is -2.22. The number of carbonyl (C=O) groups excluding carboxylic acids is 1. The van der Waals surface area contributed by atoms with Crippen LogP contribution in [0.15, 0.2) is 30.6 Å². The zero-order chi connectivity index (χ0) is 15.9. The van der Waals surface area contributed by atoms with Crippen LogP contribution in [-0.4, -0.2) is 22.2 Å². The van der Waals surface area contributed by atoms with Crippen LogP contribution in [0.4, 0.5) is 5.69 Å². The van der Waals surface area contributed by atoms with Gasteiger partial charge in [-0.25, -0.2) is 0 Å². The molecule has 0 radical (unpaired) electrons. The van der Waals surface area contributed by atoms with E-state index in [0.29, 0.717) is 22.3 Å². The smallest absolute Gasteiger partial charge is 0.230 e. The maximum Gasteiger partial charge on any atom is 0.230 e. The van der Waals surface area contributed by atoms with Gasteiger partial charge in [0.2, 0.25) is 5.91 Å². The fraction of sp³-hybridized carbons (Fsp3) is 0.375. The number of aryl methyl sites for hydroxylation is 1. The minimum absolute atomic E-state index is 0.000742. The average molecular weight is 338 g/mol. The second kappa shape index (κ2) is 5.94. The summed E-state index contributed by atoms with van der Waals surface area (Å²) >= 11 is 12.3. The molecule has 1 aromatic carbocycles. The summed E-state index contributed by atoms with van der Waals surface area (Å²) in [6.07, 6.45) is 4.67. The second-order valence-electron chi connectivity index (χ2n) is 5.55. The zero-order valence-electron chi connectivity index (χ0n) is 12.5. The fourth-order valence-electron chi connectivity index (χ4n) is 2.81. The number of anilines is 1. The van der Waals surface area contributed by atoms with Gasteiger partial charge in [-0.15, -0.1) is 0 Å². The molecule has 1 heterocycles. The molecule has 4 nitrogen and oxygen atoms in total. The third-order valence-corrected chi connectivity index (χ3v) is 4.87. The molecule has 1 aliphatic carbocycles. The van der Waals surface area contributed by atoms with Crippen molar-refractivity contribution in [1.82, 2.24) is 9.78 Å². The first-order valence-corrected chi connectivity index (χ1v) is 8.02. The number of aromatic nitrogens is 2. The van der Waals surface area contributed by atoms with E-state index in [2.05, 4.69) is 5.10 Å². The standard InChI is InChI=1S/C16H17Cl2N3O/c1-3-21(14-6-4-5-13(17)15(14)18)16(22)12-7-11(12)10-8-19-20(2)9-10/h4-6,8-9,11-12H,3,7H2,1-2H3/t11-,12+/m0/s1. The van der Waals surface area contributed by atoms with Crippen LogP contribution in [0.25, 0.3) is 0 Å². The van der Waals surface area contributed by atoms with Crippen LogP contribution in [0, 0.1) is 5.92 Å². The highest BCUT2D eigenvalue weighted by Crippen LogP contribution is 2.49. The number of rotatable bonds is 4. The Morgan fingerprint density at radius 3 is 2.86 bits per heavy atom. The lowest BCUT2D eigenvalue weighted by molar-refractivity contribution is -0.119. The Kier molecular flexibility index (Phi) is 4.15. The average Bonchev–Trinajstić information content (AvgIpc) is 3.19. The van der Waals surface area contributed by atoms with Gasteiger partial charge in [-0.3, -0.25) is 9.48 Å². The van der Waals surface area contributed by atoms with E-state index in [-0.39, 0.29) is 17.7 Å². The third kappa shape index (κ3) is 2.73. The Hall–Kier alpha value is -1.52. The molecule has 0 N–H and O–H groups in total. The molecule has 1 fully saturated rings. The Morgan fingerprint density at radius 1 is 1.45 bits per heavy atom. The van der Waals surface area contributed by atoms with Crippen LogP contribution < -0.4 is 4.90 Å². The number of nitrogens with zero attached hydrogens (tertiary/aromatic N) is 3. The molecule has 0 saturated heterocycles. The van der Waals surface area contributed by atoms with Crippen molar-refractivity contribution < 1.29 is 4.79 Å². The number of benzene rings is 1. The maximum atomic E-state index is 12.8. The molecule has 0 aliphatic heterocycles. The van der Waals surface area contributed by atoms with Gasteiger partial charge in [-0.2, -0.15) is 5.10 Å². The van der Waals surface area contributed by atoms with Gasteiger partial charge in [0.05, 0.1) is 21.9 Å². The van der Waals surface area contributed by atoms with Crippen molar-refractivity contribution in [2.24, 2.45) is 13.0 Å². The van der Waals surface area contributed by atoms with Gasteiger partial charge in [0.15, 0.2) is 0 Å². The van der Waals surface area contributed by atoms with Crippen LogP contribution in [0.1, 0.15) is 24.8 Å². The fourth-order valence-corrected chi connectivity index (χ4v) is 3.21. The molecule has 0 spiro atoms. The highest BCUT2D eigenvalue weighted by Gasteiger charge is 2.46. The summed E-state index contributed by atoms with van der Waals surface area (Å²) in [5.41, 5.74) is 1.80. The molecular weight excluding hydrogens is 321 g/mol. The van der Waals surface area contributed by atoms with Crippen molar-refractivity contribution in [3.8, 4) is 0 Å². The molecule has 116 valence electrons. The molecule has 1 aromatic heterocycles. The van der Waals surface area contributed by atoms with Gasteiger partial charge >= 0.3 is 0 Å². The SMILES string of the molecule is CCN(C(=O)[C@@H]1C[C@H]1c1cnn(C)c1)c1cccc(Cl)c1Cl. The summed E-state index contributed by atoms with van der Waals surface area (Å²) in [4.78, 5) is 14.5. The van der Waals surface area contributed by atoms with E-state index in [1.165, 1.54) is 0 Å². The maximum absolute atomic E-state index is 12.8. The number of hydrogen-bond donors (Lipinski definition) is 0. The van der Waals surface area contributed by atoms with Crippen LogP contribution in [0.5, 0.6) is 0 Å². The third-order valence-electron chi connectivity index (χ3n) is 4.06. The van der Waals surface area contributed by atoms with Crippen LogP contribution in [-0.2, 0) is 11.8 Å². The Labute approximate surface area is 139 Å². The predicted octanol–water partition coefficient (Wildman–Crippen LogP) is 3.88. The molecule has 1 aliphatic rings. The van der Waals surface area contributed by atoms with Crippen molar-refractivity contribution in [2.75, 3.05) is 11.4 Å². The first-order valence-electron chi connectivity index (χ1n) is 7.26. The Balaban J connectivity index is 1.80. The van der Waals surface area contributed by atoms with Crippen LogP contribution >= 0.6 is 23.2 Å². The summed E-state index contributed by atoms with van der Waals surface area (Å²) in [6, 6.07) is 5.36. The van der Waals surface area contributed by atoms with E-state index in [4.69, 9.17) is 23.2 Å². The molecule has 0 bridgehead atoms. The molecule has 3 rings (SSSR count). The van der Waals surface area contributed by atoms with Gasteiger partial charge in [-0.05, 0) is 37.0 Å². The normalized spacial score (nSPS) is 20.0. The van der Waals surface area contributed by atoms with Gasteiger partial charge in [0, 0.05) is 25.7 Å². The minimum atomic E-state index is -0.000742. The number of amides is 1. The summed E-state index contributed by atoms with van der Waals surface area (Å²) in [6.45, 7) is 2.51. The highest BCUT2D eigenvalue weighted by atomic mass is 35.5. The first kappa shape index (κ1) is 15.4. The van der Waals surface area contributed by atoms with E-state index < -0.39 is 0 Å². The van der Waals surface area contributed by atoms with Gasteiger partial charge in [0.1, 0.15) is 0 Å².